The van der Waals surface area contributed by atoms with E-state index in [9.17, 15) is 20.2 Å². The van der Waals surface area contributed by atoms with E-state index >= 15 is 0 Å². The van der Waals surface area contributed by atoms with Crippen LogP contribution in [0.25, 0.3) is 0 Å². The molecule has 0 radical (unpaired) electrons. The Kier molecular flexibility index (Phi) is 3.68. The van der Waals surface area contributed by atoms with Crippen molar-refractivity contribution in [2.75, 3.05) is 0 Å². The maximum atomic E-state index is 11.4. The van der Waals surface area contributed by atoms with Gasteiger partial charge in [0.2, 0.25) is 0 Å². The van der Waals surface area contributed by atoms with Gasteiger partial charge >= 0.3 is 0 Å². The first kappa shape index (κ1) is 17.8. The van der Waals surface area contributed by atoms with Crippen molar-refractivity contribution in [3.63, 3.8) is 0 Å². The Hall–Kier alpha value is -3.06. The molecule has 7 atom stereocenters. The summed E-state index contributed by atoms with van der Waals surface area (Å²) >= 11 is 0. The van der Waals surface area contributed by atoms with Crippen LogP contribution in [-0.4, -0.2) is 16.0 Å². The quantitative estimate of drug-likeness (QED) is 0.311. The smallest absolute Gasteiger partial charge is 0.281 e. The summed E-state index contributed by atoms with van der Waals surface area (Å²) in [5, 5.41) is 22.4. The molecule has 0 aromatic heterocycles. The molecule has 0 aliphatic heterocycles. The number of fused-ring (bicyclic) bond motifs is 12. The van der Waals surface area contributed by atoms with E-state index in [1.165, 1.54) is 29.7 Å². The van der Waals surface area contributed by atoms with Gasteiger partial charge in [-0.1, -0.05) is 36.4 Å². The van der Waals surface area contributed by atoms with E-state index in [2.05, 4.69) is 36.4 Å². The van der Waals surface area contributed by atoms with Crippen molar-refractivity contribution in [2.24, 2.45) is 23.7 Å². The minimum atomic E-state index is -0.618. The van der Waals surface area contributed by atoms with Gasteiger partial charge in [0.1, 0.15) is 0 Å². The molecule has 0 saturated heterocycles. The number of non-ortho nitro benzene ring substituents is 1. The number of rotatable bonds is 5. The Morgan fingerprint density at radius 1 is 0.900 bits per heavy atom. The molecule has 4 aliphatic carbocycles. The fraction of sp³-hybridized carbons (Fsp3) is 0.391. The summed E-state index contributed by atoms with van der Waals surface area (Å²) in [6.45, 7) is 0.0926. The molecule has 1 unspecified atom stereocenters. The average Bonchev–Trinajstić information content (AvgIpc) is 3.49. The third kappa shape index (κ3) is 2.29. The van der Waals surface area contributed by atoms with Crippen LogP contribution < -0.4 is 0 Å². The minimum Gasteiger partial charge on any atom is -0.372 e. The molecule has 4 aliphatic rings. The molecule has 30 heavy (non-hydrogen) atoms. The highest BCUT2D eigenvalue weighted by Crippen LogP contribution is 2.70. The normalized spacial score (nSPS) is 34.2. The van der Waals surface area contributed by atoms with Gasteiger partial charge in [0, 0.05) is 17.9 Å². The molecule has 0 spiro atoms. The van der Waals surface area contributed by atoms with Gasteiger partial charge in [-0.15, -0.1) is 0 Å². The maximum absolute atomic E-state index is 11.4. The molecule has 7 heteroatoms. The lowest BCUT2D eigenvalue weighted by Crippen LogP contribution is -2.25. The van der Waals surface area contributed by atoms with E-state index in [0.717, 1.165) is 6.07 Å². The molecular weight excluding hydrogens is 384 g/mol. The molecule has 7 nitrogen and oxygen atoms in total. The highest BCUT2D eigenvalue weighted by molar-refractivity contribution is 5.49. The van der Waals surface area contributed by atoms with Gasteiger partial charge in [-0.3, -0.25) is 20.2 Å². The molecule has 0 heterocycles. The zero-order valence-corrected chi connectivity index (χ0v) is 16.1. The van der Waals surface area contributed by atoms with E-state index < -0.39 is 9.85 Å². The first-order chi connectivity index (χ1) is 14.5. The second kappa shape index (κ2) is 6.22. The lowest BCUT2D eigenvalue weighted by Gasteiger charge is -2.33. The summed E-state index contributed by atoms with van der Waals surface area (Å²) in [6.07, 6.45) is 5.81. The molecule has 2 fully saturated rings. The molecule has 2 aromatic carbocycles. The van der Waals surface area contributed by atoms with Gasteiger partial charge in [-0.25, -0.2) is 0 Å². The van der Waals surface area contributed by atoms with E-state index in [0.29, 0.717) is 41.1 Å². The summed E-state index contributed by atoms with van der Waals surface area (Å²) in [6, 6.07) is 12.5. The van der Waals surface area contributed by atoms with Crippen LogP contribution in [0.1, 0.15) is 34.9 Å². The lowest BCUT2D eigenvalue weighted by molar-refractivity contribution is -0.394. The predicted octanol–water partition coefficient (Wildman–Crippen LogP) is 4.72. The summed E-state index contributed by atoms with van der Waals surface area (Å²) in [7, 11) is 0. The van der Waals surface area contributed by atoms with Crippen molar-refractivity contribution < 1.29 is 14.6 Å². The Labute approximate surface area is 172 Å². The van der Waals surface area contributed by atoms with Gasteiger partial charge in [-0.05, 0) is 47.3 Å². The number of hydrogen-bond donors (Lipinski definition) is 0. The highest BCUT2D eigenvalue weighted by Gasteiger charge is 2.63. The largest absolute Gasteiger partial charge is 0.372 e. The van der Waals surface area contributed by atoms with Gasteiger partial charge in [0.25, 0.3) is 11.4 Å². The number of nitrogens with zero attached hydrogens (tertiary/aromatic N) is 2. The van der Waals surface area contributed by atoms with Crippen molar-refractivity contribution in [3.8, 4) is 0 Å². The van der Waals surface area contributed by atoms with E-state index in [4.69, 9.17) is 4.74 Å². The number of nitro groups is 2. The molecule has 2 saturated carbocycles. The van der Waals surface area contributed by atoms with Gasteiger partial charge in [0.05, 0.1) is 34.2 Å². The number of hydrogen-bond acceptors (Lipinski definition) is 5. The second-order valence-electron chi connectivity index (χ2n) is 8.87. The maximum Gasteiger partial charge on any atom is 0.281 e. The lowest BCUT2D eigenvalue weighted by atomic mass is 9.71. The number of benzene rings is 2. The zero-order chi connectivity index (χ0) is 20.6. The van der Waals surface area contributed by atoms with Crippen molar-refractivity contribution >= 4 is 11.4 Å². The SMILES string of the molecule is O=[N+]([O-])c1ccc(COC2[C@H]3C=C[C@H]2[C@H]2[C@H]3[C@H]3C[C@@H]2c2ccccc23)c([N+](=O)[O-])c1. The Bertz CT molecular complexity index is 1070. The summed E-state index contributed by atoms with van der Waals surface area (Å²) in [4.78, 5) is 21.2. The van der Waals surface area contributed by atoms with Crippen molar-refractivity contribution in [1.82, 2.24) is 0 Å². The number of ether oxygens (including phenoxy) is 1. The molecular formula is C23H20N2O5. The zero-order valence-electron chi connectivity index (χ0n) is 16.1. The molecule has 152 valence electrons. The van der Waals surface area contributed by atoms with Gasteiger partial charge < -0.3 is 4.74 Å². The third-order valence-corrected chi connectivity index (χ3v) is 7.79. The predicted molar refractivity (Wildman–Crippen MR) is 108 cm³/mol. The van der Waals surface area contributed by atoms with Crippen LogP contribution in [0.2, 0.25) is 0 Å². The fourth-order valence-electron chi connectivity index (χ4n) is 6.82. The second-order valence-corrected chi connectivity index (χ2v) is 8.87. The minimum absolute atomic E-state index is 0.0226. The molecule has 0 N–H and O–H groups in total. The number of nitro benzene ring substituents is 2. The first-order valence-corrected chi connectivity index (χ1v) is 10.3. The van der Waals surface area contributed by atoms with Crippen molar-refractivity contribution in [1.29, 1.82) is 0 Å². The van der Waals surface area contributed by atoms with Crippen molar-refractivity contribution in [2.45, 2.75) is 31.0 Å². The van der Waals surface area contributed by atoms with E-state index in [1.54, 1.807) is 0 Å². The van der Waals surface area contributed by atoms with Crippen LogP contribution >= 0.6 is 0 Å². The van der Waals surface area contributed by atoms with Crippen LogP contribution in [0.3, 0.4) is 0 Å². The van der Waals surface area contributed by atoms with E-state index in [-0.39, 0.29) is 24.1 Å². The topological polar surface area (TPSA) is 95.5 Å². The standard InChI is InChI=1S/C23H20N2O5/c26-24(27)13-6-5-12(20(9-13)25(28)29)11-30-23-16-7-8-17(23)22-19-10-18(21(16)22)14-3-1-2-4-15(14)19/h1-9,16-19,21-23H,10-11H2/t16-,17-,18-,19+,21+,22+,23?/m0/s1. The van der Waals surface area contributed by atoms with Crippen molar-refractivity contribution in [3.05, 3.63) is 91.5 Å². The van der Waals surface area contributed by atoms with Gasteiger partial charge in [-0.2, -0.15) is 0 Å². The van der Waals surface area contributed by atoms with Crippen LogP contribution in [0.15, 0.2) is 54.6 Å². The van der Waals surface area contributed by atoms with Crippen LogP contribution in [-0.2, 0) is 11.3 Å². The van der Waals surface area contributed by atoms with Crippen LogP contribution in [0, 0.1) is 43.9 Å². The van der Waals surface area contributed by atoms with E-state index in [1.807, 2.05) is 0 Å². The third-order valence-electron chi connectivity index (χ3n) is 7.79. The molecule has 0 amide bonds. The molecule has 2 aromatic rings. The van der Waals surface area contributed by atoms with Crippen LogP contribution in [0.4, 0.5) is 11.4 Å². The monoisotopic (exact) mass is 404 g/mol. The Morgan fingerprint density at radius 2 is 1.53 bits per heavy atom. The van der Waals surface area contributed by atoms with Gasteiger partial charge in [0.15, 0.2) is 0 Å². The summed E-state index contributed by atoms with van der Waals surface area (Å²) in [5.74, 6) is 2.99. The Balaban J connectivity index is 1.25. The fourth-order valence-corrected chi connectivity index (χ4v) is 6.82. The average molecular weight is 404 g/mol. The summed E-state index contributed by atoms with van der Waals surface area (Å²) in [5.41, 5.74) is 2.84. The first-order valence-electron chi connectivity index (χ1n) is 10.3. The van der Waals surface area contributed by atoms with Crippen LogP contribution in [0.5, 0.6) is 0 Å². The molecule has 6 rings (SSSR count). The Morgan fingerprint density at radius 3 is 2.10 bits per heavy atom. The highest BCUT2D eigenvalue weighted by atomic mass is 16.6. The summed E-state index contributed by atoms with van der Waals surface area (Å²) < 4.78 is 6.29. The molecule has 4 bridgehead atoms.